The predicted octanol–water partition coefficient (Wildman–Crippen LogP) is 2.61. The van der Waals surface area contributed by atoms with Gasteiger partial charge in [0, 0.05) is 27.7 Å². The highest BCUT2D eigenvalue weighted by molar-refractivity contribution is 6.33. The normalized spacial score (nSPS) is 10.8. The molecule has 0 spiro atoms. The number of nitrogens with zero attached hydrogens (tertiary/aromatic N) is 2. The zero-order chi connectivity index (χ0) is 16.0. The van der Waals surface area contributed by atoms with Gasteiger partial charge >= 0.3 is 0 Å². The van der Waals surface area contributed by atoms with Crippen molar-refractivity contribution in [2.24, 2.45) is 5.92 Å². The lowest BCUT2D eigenvalue weighted by molar-refractivity contribution is -0.127. The van der Waals surface area contributed by atoms with Crippen LogP contribution in [0.15, 0.2) is 18.2 Å². The summed E-state index contributed by atoms with van der Waals surface area (Å²) < 4.78 is 0. The number of anilines is 1. The van der Waals surface area contributed by atoms with Gasteiger partial charge in [-0.1, -0.05) is 37.6 Å². The highest BCUT2D eigenvalue weighted by Gasteiger charge is 2.15. The van der Waals surface area contributed by atoms with E-state index in [9.17, 15) is 4.79 Å². The summed E-state index contributed by atoms with van der Waals surface area (Å²) >= 11 is 6.33. The minimum Gasteiger partial charge on any atom is -0.364 e. The molecule has 0 saturated heterocycles. The molecule has 1 amide bonds. The Balaban J connectivity index is 2.86. The molecule has 0 fully saturated rings. The fourth-order valence-electron chi connectivity index (χ4n) is 2.05. The van der Waals surface area contributed by atoms with Crippen molar-refractivity contribution in [3.05, 3.63) is 28.8 Å². The maximum atomic E-state index is 11.9. The number of hydrogen-bond donors (Lipinski definition) is 1. The van der Waals surface area contributed by atoms with Gasteiger partial charge in [-0.05, 0) is 24.1 Å². The maximum absolute atomic E-state index is 11.9. The SMILES string of the molecule is CC(C)CNCc1cccc(Cl)c1N(C)CC(=O)N(C)C. The third-order valence-electron chi connectivity index (χ3n) is 3.19. The van der Waals surface area contributed by atoms with E-state index in [2.05, 4.69) is 19.2 Å². The molecule has 0 heterocycles. The number of halogens is 1. The molecule has 0 saturated carbocycles. The fourth-order valence-corrected chi connectivity index (χ4v) is 2.39. The third kappa shape index (κ3) is 5.56. The summed E-state index contributed by atoms with van der Waals surface area (Å²) in [5.41, 5.74) is 2.03. The third-order valence-corrected chi connectivity index (χ3v) is 3.50. The summed E-state index contributed by atoms with van der Waals surface area (Å²) in [4.78, 5) is 15.4. The van der Waals surface area contributed by atoms with Gasteiger partial charge in [-0.15, -0.1) is 0 Å². The van der Waals surface area contributed by atoms with Crippen LogP contribution in [0.5, 0.6) is 0 Å². The van der Waals surface area contributed by atoms with E-state index in [4.69, 9.17) is 11.6 Å². The molecule has 0 radical (unpaired) electrons. The van der Waals surface area contributed by atoms with E-state index in [1.165, 1.54) is 0 Å². The monoisotopic (exact) mass is 311 g/mol. The van der Waals surface area contributed by atoms with Crippen molar-refractivity contribution < 1.29 is 4.79 Å². The van der Waals surface area contributed by atoms with E-state index >= 15 is 0 Å². The molecular weight excluding hydrogens is 286 g/mol. The number of para-hydroxylation sites is 1. The molecular formula is C16H26ClN3O. The van der Waals surface area contributed by atoms with Crippen molar-refractivity contribution in [1.82, 2.24) is 10.2 Å². The second-order valence-electron chi connectivity index (χ2n) is 5.92. The van der Waals surface area contributed by atoms with Gasteiger partial charge in [0.15, 0.2) is 0 Å². The molecule has 0 aliphatic rings. The van der Waals surface area contributed by atoms with Gasteiger partial charge < -0.3 is 15.1 Å². The molecule has 1 aromatic carbocycles. The zero-order valence-corrected chi connectivity index (χ0v) is 14.4. The Hall–Kier alpha value is -1.26. The highest BCUT2D eigenvalue weighted by Crippen LogP contribution is 2.29. The lowest BCUT2D eigenvalue weighted by Crippen LogP contribution is -2.35. The average Bonchev–Trinajstić information content (AvgIpc) is 2.37. The van der Waals surface area contributed by atoms with Gasteiger partial charge in [0.25, 0.3) is 0 Å². The Bertz CT molecular complexity index is 475. The summed E-state index contributed by atoms with van der Waals surface area (Å²) in [5.74, 6) is 0.652. The van der Waals surface area contributed by atoms with Crippen LogP contribution in [0.25, 0.3) is 0 Å². The van der Waals surface area contributed by atoms with Crippen LogP contribution in [0.4, 0.5) is 5.69 Å². The largest absolute Gasteiger partial charge is 0.364 e. The molecule has 0 aliphatic carbocycles. The molecule has 21 heavy (non-hydrogen) atoms. The van der Waals surface area contributed by atoms with Crippen molar-refractivity contribution in [3.8, 4) is 0 Å². The van der Waals surface area contributed by atoms with Crippen molar-refractivity contribution in [1.29, 1.82) is 0 Å². The highest BCUT2D eigenvalue weighted by atomic mass is 35.5. The summed E-state index contributed by atoms with van der Waals surface area (Å²) in [5, 5.41) is 4.09. The van der Waals surface area contributed by atoms with E-state index in [1.807, 2.05) is 30.1 Å². The van der Waals surface area contributed by atoms with Gasteiger partial charge in [-0.25, -0.2) is 0 Å². The van der Waals surface area contributed by atoms with Crippen molar-refractivity contribution in [2.75, 3.05) is 39.1 Å². The number of nitrogens with one attached hydrogen (secondary N) is 1. The van der Waals surface area contributed by atoms with Crippen molar-refractivity contribution in [3.63, 3.8) is 0 Å². The first kappa shape index (κ1) is 17.8. The smallest absolute Gasteiger partial charge is 0.241 e. The summed E-state index contributed by atoms with van der Waals surface area (Å²) in [7, 11) is 5.41. The number of benzene rings is 1. The Morgan fingerprint density at radius 2 is 1.95 bits per heavy atom. The van der Waals surface area contributed by atoms with Gasteiger partial charge in [0.1, 0.15) is 0 Å². The van der Waals surface area contributed by atoms with E-state index in [0.717, 1.165) is 24.3 Å². The van der Waals surface area contributed by atoms with Crippen molar-refractivity contribution >= 4 is 23.2 Å². The van der Waals surface area contributed by atoms with E-state index in [0.29, 0.717) is 17.5 Å². The number of likely N-dealkylation sites (N-methyl/N-ethyl adjacent to an activating group) is 2. The first-order valence-corrected chi connectivity index (χ1v) is 7.60. The van der Waals surface area contributed by atoms with E-state index < -0.39 is 0 Å². The molecule has 118 valence electrons. The van der Waals surface area contributed by atoms with Gasteiger partial charge in [0.05, 0.1) is 17.3 Å². The first-order chi connectivity index (χ1) is 9.82. The molecule has 0 aliphatic heterocycles. The molecule has 1 rings (SSSR count). The van der Waals surface area contributed by atoms with Crippen LogP contribution in [0.1, 0.15) is 19.4 Å². The lowest BCUT2D eigenvalue weighted by atomic mass is 10.1. The minimum absolute atomic E-state index is 0.0542. The first-order valence-electron chi connectivity index (χ1n) is 7.22. The molecule has 0 aromatic heterocycles. The Labute approximate surface area is 133 Å². The quantitative estimate of drug-likeness (QED) is 0.841. The number of carbonyl (C=O) groups is 1. The van der Waals surface area contributed by atoms with Crippen molar-refractivity contribution in [2.45, 2.75) is 20.4 Å². The zero-order valence-electron chi connectivity index (χ0n) is 13.6. The number of carbonyl (C=O) groups excluding carboxylic acids is 1. The molecule has 1 N–H and O–H groups in total. The van der Waals surface area contributed by atoms with E-state index in [-0.39, 0.29) is 5.91 Å². The van der Waals surface area contributed by atoms with Crippen LogP contribution in [-0.4, -0.2) is 45.0 Å². The number of hydrogen-bond acceptors (Lipinski definition) is 3. The minimum atomic E-state index is 0.0542. The molecule has 4 nitrogen and oxygen atoms in total. The molecule has 5 heteroatoms. The van der Waals surface area contributed by atoms with Gasteiger partial charge in [-0.3, -0.25) is 4.79 Å². The van der Waals surface area contributed by atoms with Crippen LogP contribution in [0, 0.1) is 5.92 Å². The number of rotatable bonds is 7. The Morgan fingerprint density at radius 1 is 1.29 bits per heavy atom. The predicted molar refractivity (Wildman–Crippen MR) is 90.0 cm³/mol. The maximum Gasteiger partial charge on any atom is 0.241 e. The van der Waals surface area contributed by atoms with Crippen LogP contribution < -0.4 is 10.2 Å². The summed E-state index contributed by atoms with van der Waals surface area (Å²) in [6.45, 7) is 6.36. The second-order valence-corrected chi connectivity index (χ2v) is 6.32. The van der Waals surface area contributed by atoms with Crippen LogP contribution >= 0.6 is 11.6 Å². The number of amides is 1. The lowest BCUT2D eigenvalue weighted by Gasteiger charge is -2.25. The summed E-state index contributed by atoms with van der Waals surface area (Å²) in [6, 6.07) is 5.85. The molecule has 0 bridgehead atoms. The van der Waals surface area contributed by atoms with Crippen LogP contribution in [0.3, 0.4) is 0 Å². The topological polar surface area (TPSA) is 35.6 Å². The molecule has 0 unspecified atom stereocenters. The van der Waals surface area contributed by atoms with Crippen LogP contribution in [0.2, 0.25) is 5.02 Å². The molecule has 1 aromatic rings. The fraction of sp³-hybridized carbons (Fsp3) is 0.562. The summed E-state index contributed by atoms with van der Waals surface area (Å²) in [6.07, 6.45) is 0. The van der Waals surface area contributed by atoms with Gasteiger partial charge in [-0.2, -0.15) is 0 Å². The Morgan fingerprint density at radius 3 is 2.52 bits per heavy atom. The standard InChI is InChI=1S/C16H26ClN3O/c1-12(2)9-18-10-13-7-6-8-14(17)16(13)20(5)11-15(21)19(3)4/h6-8,12,18H,9-11H2,1-5H3. The molecule has 0 atom stereocenters. The average molecular weight is 312 g/mol. The van der Waals surface area contributed by atoms with Gasteiger partial charge in [0.2, 0.25) is 5.91 Å². The second kappa shape index (κ2) is 8.25. The van der Waals surface area contributed by atoms with E-state index in [1.54, 1.807) is 19.0 Å². The van der Waals surface area contributed by atoms with Crippen LogP contribution in [-0.2, 0) is 11.3 Å². The Kier molecular flexibility index (Phi) is 6.99.